The highest BCUT2D eigenvalue weighted by molar-refractivity contribution is 5.79. The summed E-state index contributed by atoms with van der Waals surface area (Å²) in [5.41, 5.74) is 1.01. The number of aliphatic hydroxyl groups is 1. The van der Waals surface area contributed by atoms with E-state index in [4.69, 9.17) is 4.74 Å². The van der Waals surface area contributed by atoms with Crippen LogP contribution in [0.4, 0.5) is 0 Å². The van der Waals surface area contributed by atoms with Gasteiger partial charge in [0.05, 0.1) is 25.2 Å². The van der Waals surface area contributed by atoms with Gasteiger partial charge >= 0.3 is 0 Å². The molecule has 2 aromatic rings. The number of carbonyl (C=O) groups is 1. The van der Waals surface area contributed by atoms with E-state index < -0.39 is 6.10 Å². The molecule has 2 fully saturated rings. The lowest BCUT2D eigenvalue weighted by atomic mass is 9.77. The fraction of sp³-hybridized carbons (Fsp3) is 0.524. The number of ether oxygens (including phenoxy) is 1. The molecule has 1 saturated carbocycles. The van der Waals surface area contributed by atoms with Crippen LogP contribution in [0.5, 0.6) is 5.75 Å². The Morgan fingerprint density at radius 3 is 2.63 bits per heavy atom. The molecule has 2 heterocycles. The summed E-state index contributed by atoms with van der Waals surface area (Å²) in [5, 5.41) is 14.8. The summed E-state index contributed by atoms with van der Waals surface area (Å²) in [6.07, 6.45) is 5.30. The smallest absolute Gasteiger partial charge is 0.227 e. The zero-order valence-electron chi connectivity index (χ0n) is 15.7. The molecule has 1 saturated heterocycles. The van der Waals surface area contributed by atoms with Crippen molar-refractivity contribution >= 4 is 5.91 Å². The molecule has 4 atom stereocenters. The van der Waals surface area contributed by atoms with Crippen LogP contribution >= 0.6 is 0 Å². The third kappa shape index (κ3) is 3.86. The Morgan fingerprint density at radius 1 is 1.22 bits per heavy atom. The number of carbonyl (C=O) groups excluding carboxylic acids is 1. The van der Waals surface area contributed by atoms with Gasteiger partial charge in [0.1, 0.15) is 5.75 Å². The van der Waals surface area contributed by atoms with Gasteiger partial charge in [-0.3, -0.25) is 9.48 Å². The van der Waals surface area contributed by atoms with Crippen LogP contribution in [0, 0.1) is 11.8 Å². The average molecular weight is 369 g/mol. The van der Waals surface area contributed by atoms with Gasteiger partial charge in [-0.1, -0.05) is 12.1 Å². The summed E-state index contributed by atoms with van der Waals surface area (Å²) < 4.78 is 7.32. The van der Waals surface area contributed by atoms with Gasteiger partial charge in [0.25, 0.3) is 0 Å². The second-order valence-corrected chi connectivity index (χ2v) is 7.66. The Kier molecular flexibility index (Phi) is 5.16. The molecule has 6 heteroatoms. The number of fused-ring (bicyclic) bond motifs is 1. The van der Waals surface area contributed by atoms with Crippen LogP contribution in [0.3, 0.4) is 0 Å². The molecule has 1 aliphatic carbocycles. The lowest BCUT2D eigenvalue weighted by Gasteiger charge is -2.35. The highest BCUT2D eigenvalue weighted by Crippen LogP contribution is 2.41. The molecule has 0 unspecified atom stereocenters. The van der Waals surface area contributed by atoms with E-state index in [0.717, 1.165) is 37.2 Å². The largest absolute Gasteiger partial charge is 0.494 e. The fourth-order valence-corrected chi connectivity index (χ4v) is 4.53. The SMILES string of the molecule is CCOc1ccc(CC(=O)N2C[C@H]3C[C@@H](n4cccn4)[C@H](O)C[C@H]3C2)cc1. The predicted octanol–water partition coefficient (Wildman–Crippen LogP) is 2.29. The van der Waals surface area contributed by atoms with Crippen LogP contribution < -0.4 is 4.74 Å². The van der Waals surface area contributed by atoms with Crippen LogP contribution in [-0.4, -0.2) is 51.5 Å². The summed E-state index contributed by atoms with van der Waals surface area (Å²) in [6, 6.07) is 9.66. The van der Waals surface area contributed by atoms with E-state index >= 15 is 0 Å². The van der Waals surface area contributed by atoms with Crippen LogP contribution in [0.15, 0.2) is 42.7 Å². The normalized spacial score (nSPS) is 27.4. The Labute approximate surface area is 159 Å². The Bertz CT molecular complexity index is 759. The maximum atomic E-state index is 12.8. The number of aliphatic hydroxyl groups excluding tert-OH is 1. The molecule has 2 aliphatic rings. The molecule has 1 N–H and O–H groups in total. The molecule has 0 bridgehead atoms. The number of nitrogens with zero attached hydrogens (tertiary/aromatic N) is 3. The first kappa shape index (κ1) is 18.0. The van der Waals surface area contributed by atoms with Gasteiger partial charge in [-0.25, -0.2) is 0 Å². The third-order valence-electron chi connectivity index (χ3n) is 5.92. The van der Waals surface area contributed by atoms with E-state index in [9.17, 15) is 9.90 Å². The van der Waals surface area contributed by atoms with E-state index in [2.05, 4.69) is 5.10 Å². The summed E-state index contributed by atoms with van der Waals surface area (Å²) in [5.74, 6) is 1.82. The van der Waals surface area contributed by atoms with Crippen molar-refractivity contribution in [2.24, 2.45) is 11.8 Å². The minimum absolute atomic E-state index is 0.0161. The number of amides is 1. The Morgan fingerprint density at radius 2 is 1.96 bits per heavy atom. The van der Waals surface area contributed by atoms with Crippen LogP contribution in [0.25, 0.3) is 0 Å². The number of rotatable bonds is 5. The second kappa shape index (κ2) is 7.72. The molecule has 1 aromatic heterocycles. The number of likely N-dealkylation sites (tertiary alicyclic amines) is 1. The van der Waals surface area contributed by atoms with Gasteiger partial charge in [-0.05, 0) is 55.4 Å². The number of hydrogen-bond acceptors (Lipinski definition) is 4. The first-order valence-corrected chi connectivity index (χ1v) is 9.80. The van der Waals surface area contributed by atoms with Gasteiger partial charge in [0.2, 0.25) is 5.91 Å². The van der Waals surface area contributed by atoms with E-state index in [-0.39, 0.29) is 11.9 Å². The minimum atomic E-state index is -0.396. The summed E-state index contributed by atoms with van der Waals surface area (Å²) >= 11 is 0. The number of aromatic nitrogens is 2. The van der Waals surface area contributed by atoms with E-state index in [1.54, 1.807) is 6.20 Å². The average Bonchev–Trinajstić information content (AvgIpc) is 3.32. The second-order valence-electron chi connectivity index (χ2n) is 7.66. The summed E-state index contributed by atoms with van der Waals surface area (Å²) in [6.45, 7) is 4.13. The third-order valence-corrected chi connectivity index (χ3v) is 5.92. The van der Waals surface area contributed by atoms with Gasteiger partial charge in [0, 0.05) is 25.5 Å². The van der Waals surface area contributed by atoms with Gasteiger partial charge in [0.15, 0.2) is 0 Å². The maximum absolute atomic E-state index is 12.8. The van der Waals surface area contributed by atoms with Crippen molar-refractivity contribution in [3.8, 4) is 5.75 Å². The molecule has 6 nitrogen and oxygen atoms in total. The predicted molar refractivity (Wildman–Crippen MR) is 101 cm³/mol. The highest BCUT2D eigenvalue weighted by Gasteiger charge is 2.43. The molecule has 4 rings (SSSR count). The molecule has 1 aromatic carbocycles. The van der Waals surface area contributed by atoms with E-state index in [0.29, 0.717) is 24.9 Å². The van der Waals surface area contributed by atoms with Crippen molar-refractivity contribution in [3.63, 3.8) is 0 Å². The van der Waals surface area contributed by atoms with E-state index in [1.165, 1.54) is 0 Å². The van der Waals surface area contributed by atoms with Crippen molar-refractivity contribution in [2.45, 2.75) is 38.3 Å². The van der Waals surface area contributed by atoms with E-state index in [1.807, 2.05) is 53.0 Å². The Balaban J connectivity index is 1.36. The molecular weight excluding hydrogens is 342 g/mol. The number of hydrogen-bond donors (Lipinski definition) is 1. The van der Waals surface area contributed by atoms with Crippen molar-refractivity contribution in [3.05, 3.63) is 48.3 Å². The van der Waals surface area contributed by atoms with Crippen molar-refractivity contribution in [1.82, 2.24) is 14.7 Å². The van der Waals surface area contributed by atoms with Crippen LogP contribution in [0.2, 0.25) is 0 Å². The molecule has 0 spiro atoms. The summed E-state index contributed by atoms with van der Waals surface area (Å²) in [4.78, 5) is 14.8. The van der Waals surface area contributed by atoms with Gasteiger partial charge < -0.3 is 14.7 Å². The zero-order chi connectivity index (χ0) is 18.8. The van der Waals surface area contributed by atoms with Gasteiger partial charge in [-0.2, -0.15) is 5.10 Å². The lowest BCUT2D eigenvalue weighted by molar-refractivity contribution is -0.129. The molecule has 27 heavy (non-hydrogen) atoms. The summed E-state index contributed by atoms with van der Waals surface area (Å²) in [7, 11) is 0. The number of benzene rings is 1. The van der Waals surface area contributed by atoms with Gasteiger partial charge in [-0.15, -0.1) is 0 Å². The lowest BCUT2D eigenvalue weighted by Crippen LogP contribution is -2.36. The fourth-order valence-electron chi connectivity index (χ4n) is 4.53. The van der Waals surface area contributed by atoms with Crippen molar-refractivity contribution < 1.29 is 14.6 Å². The highest BCUT2D eigenvalue weighted by atomic mass is 16.5. The quantitative estimate of drug-likeness (QED) is 0.878. The molecule has 1 aliphatic heterocycles. The first-order chi connectivity index (χ1) is 13.1. The molecule has 0 radical (unpaired) electrons. The molecule has 1 amide bonds. The van der Waals surface area contributed by atoms with Crippen molar-refractivity contribution in [2.75, 3.05) is 19.7 Å². The van der Waals surface area contributed by atoms with Crippen LogP contribution in [-0.2, 0) is 11.2 Å². The minimum Gasteiger partial charge on any atom is -0.494 e. The Hall–Kier alpha value is -2.34. The molecule has 144 valence electrons. The maximum Gasteiger partial charge on any atom is 0.227 e. The first-order valence-electron chi connectivity index (χ1n) is 9.80. The zero-order valence-corrected chi connectivity index (χ0v) is 15.7. The van der Waals surface area contributed by atoms with Crippen molar-refractivity contribution in [1.29, 1.82) is 0 Å². The molecular formula is C21H27N3O3. The van der Waals surface area contributed by atoms with Crippen LogP contribution in [0.1, 0.15) is 31.4 Å². The standard InChI is InChI=1S/C21H27N3O3/c1-2-27-18-6-4-15(5-7-18)10-21(26)23-13-16-11-19(24-9-3-8-22-24)20(25)12-17(16)14-23/h3-9,16-17,19-20,25H,2,10-14H2,1H3/t16-,17+,19-,20-/m1/s1. The monoisotopic (exact) mass is 369 g/mol. The topological polar surface area (TPSA) is 67.6 Å².